The Bertz CT molecular complexity index is 725. The molecule has 0 bridgehead atoms. The summed E-state index contributed by atoms with van der Waals surface area (Å²) in [6, 6.07) is 11.6. The highest BCUT2D eigenvalue weighted by molar-refractivity contribution is 5.95. The van der Waals surface area contributed by atoms with Crippen LogP contribution in [-0.2, 0) is 9.59 Å². The van der Waals surface area contributed by atoms with E-state index in [4.69, 9.17) is 0 Å². The van der Waals surface area contributed by atoms with Gasteiger partial charge >= 0.3 is 0 Å². The summed E-state index contributed by atoms with van der Waals surface area (Å²) < 4.78 is 0. The van der Waals surface area contributed by atoms with Crippen LogP contribution in [0.25, 0.3) is 0 Å². The Morgan fingerprint density at radius 3 is 1.50 bits per heavy atom. The zero-order valence-corrected chi connectivity index (χ0v) is 16.3. The van der Waals surface area contributed by atoms with Crippen LogP contribution in [-0.4, -0.2) is 24.9 Å². The third kappa shape index (κ3) is 5.86. The molecule has 2 rings (SSSR count). The van der Waals surface area contributed by atoms with Gasteiger partial charge in [-0.1, -0.05) is 24.3 Å². The average molecular weight is 375 g/mol. The van der Waals surface area contributed by atoms with Crippen molar-refractivity contribution in [1.82, 2.24) is 5.32 Å². The fourth-order valence-corrected chi connectivity index (χ4v) is 2.45. The van der Waals surface area contributed by atoms with Gasteiger partial charge in [0.2, 0.25) is 11.8 Å². The van der Waals surface area contributed by atoms with Gasteiger partial charge in [-0.25, -0.2) is 0 Å². The van der Waals surface area contributed by atoms with Gasteiger partial charge in [-0.2, -0.15) is 0 Å². The lowest BCUT2D eigenvalue weighted by atomic mass is 10.1. The number of amides is 2. The minimum Gasteiger partial charge on any atom is -1.00 e. The number of nitrogens with one attached hydrogen (secondary N) is 3. The summed E-state index contributed by atoms with van der Waals surface area (Å²) in [5.41, 5.74) is 5.93. The monoisotopic (exact) mass is 374 g/mol. The van der Waals surface area contributed by atoms with E-state index in [1.807, 2.05) is 64.1 Å². The maximum Gasteiger partial charge on any atom is 0.238 e. The molecule has 0 unspecified atom stereocenters. The van der Waals surface area contributed by atoms with E-state index in [-0.39, 0.29) is 37.3 Å². The van der Waals surface area contributed by atoms with Crippen LogP contribution in [0.15, 0.2) is 36.4 Å². The normalized spacial score (nSPS) is 10.0. The number of benzene rings is 2. The summed E-state index contributed by atoms with van der Waals surface area (Å²) in [7, 11) is 0. The average Bonchev–Trinajstić information content (AvgIpc) is 2.56. The van der Waals surface area contributed by atoms with Gasteiger partial charge in [-0.05, 0) is 62.1 Å². The first-order valence-electron chi connectivity index (χ1n) is 8.31. The van der Waals surface area contributed by atoms with Gasteiger partial charge < -0.3 is 23.0 Å². The Balaban J connectivity index is 0.00000338. The van der Waals surface area contributed by atoms with Crippen molar-refractivity contribution < 1.29 is 22.0 Å². The molecule has 0 aromatic heterocycles. The number of halogens is 1. The number of hydrogen-bond donors (Lipinski definition) is 3. The molecular weight excluding hydrogens is 350 g/mol. The minimum absolute atomic E-state index is 0. The Morgan fingerprint density at radius 2 is 1.12 bits per heavy atom. The van der Waals surface area contributed by atoms with Crippen molar-refractivity contribution in [2.45, 2.75) is 27.7 Å². The zero-order valence-electron chi connectivity index (χ0n) is 15.6. The van der Waals surface area contributed by atoms with E-state index >= 15 is 0 Å². The first-order valence-corrected chi connectivity index (χ1v) is 8.31. The lowest BCUT2D eigenvalue weighted by Gasteiger charge is -2.12. The van der Waals surface area contributed by atoms with E-state index in [0.29, 0.717) is 0 Å². The molecular formula is C20H25ClN3O2-. The van der Waals surface area contributed by atoms with Crippen molar-refractivity contribution in [1.29, 1.82) is 0 Å². The summed E-state index contributed by atoms with van der Waals surface area (Å²) in [5.74, 6) is -0.346. The Morgan fingerprint density at radius 1 is 0.731 bits per heavy atom. The van der Waals surface area contributed by atoms with Crippen LogP contribution in [0.2, 0.25) is 0 Å². The summed E-state index contributed by atoms with van der Waals surface area (Å²) in [6.07, 6.45) is 0. The lowest BCUT2D eigenvalue weighted by molar-refractivity contribution is -0.116. The van der Waals surface area contributed by atoms with Crippen LogP contribution in [0.3, 0.4) is 0 Å². The van der Waals surface area contributed by atoms with Crippen LogP contribution < -0.4 is 28.4 Å². The fourth-order valence-electron chi connectivity index (χ4n) is 2.45. The smallest absolute Gasteiger partial charge is 0.238 e. The maximum absolute atomic E-state index is 12.0. The number of aryl methyl sites for hydroxylation is 2. The molecule has 0 saturated carbocycles. The molecule has 140 valence electrons. The second kappa shape index (κ2) is 9.94. The molecule has 0 saturated heterocycles. The molecule has 26 heavy (non-hydrogen) atoms. The number of carbonyl (C=O) groups is 2. The maximum atomic E-state index is 12.0. The highest BCUT2D eigenvalue weighted by atomic mass is 35.5. The number of carbonyl (C=O) groups excluding carboxylic acids is 2. The van der Waals surface area contributed by atoms with Gasteiger partial charge in [0, 0.05) is 11.4 Å². The van der Waals surface area contributed by atoms with Gasteiger partial charge in [-0.15, -0.1) is 0 Å². The molecule has 0 aliphatic carbocycles. The van der Waals surface area contributed by atoms with Crippen LogP contribution in [0.5, 0.6) is 0 Å². The lowest BCUT2D eigenvalue weighted by Crippen LogP contribution is -3.00. The van der Waals surface area contributed by atoms with Crippen molar-refractivity contribution in [3.63, 3.8) is 0 Å². The summed E-state index contributed by atoms with van der Waals surface area (Å²) in [5, 5.41) is 8.59. The second-order valence-electron chi connectivity index (χ2n) is 6.19. The first-order chi connectivity index (χ1) is 11.9. The molecule has 0 aliphatic heterocycles. The van der Waals surface area contributed by atoms with E-state index in [1.54, 1.807) is 0 Å². The Kier molecular flexibility index (Phi) is 8.29. The zero-order chi connectivity index (χ0) is 18.4. The molecule has 0 heterocycles. The molecule has 0 aliphatic rings. The van der Waals surface area contributed by atoms with E-state index in [2.05, 4.69) is 16.0 Å². The van der Waals surface area contributed by atoms with Gasteiger partial charge in [0.05, 0.1) is 13.1 Å². The predicted molar refractivity (Wildman–Crippen MR) is 102 cm³/mol. The largest absolute Gasteiger partial charge is 1.00 e. The topological polar surface area (TPSA) is 70.2 Å². The van der Waals surface area contributed by atoms with Crippen molar-refractivity contribution in [2.24, 2.45) is 0 Å². The standard InChI is InChI=1S/C20H25N3O2.ClH/c1-13-7-5-9-17(15(13)3)22-19(24)11-21-12-20(25)23-18-10-6-8-14(2)16(18)4;/h5-10,21H,11-12H2,1-4H3,(H,22,24)(H,23,25);1H/p-1. The SMILES string of the molecule is Cc1cccc(NC(=O)CNCC(=O)Nc2cccc(C)c2C)c1C.[Cl-]. The number of anilines is 2. The number of rotatable bonds is 6. The van der Waals surface area contributed by atoms with Crippen LogP contribution in [0.4, 0.5) is 11.4 Å². The molecule has 2 aromatic rings. The van der Waals surface area contributed by atoms with E-state index < -0.39 is 0 Å². The molecule has 3 N–H and O–H groups in total. The van der Waals surface area contributed by atoms with Crippen molar-refractivity contribution in [3.05, 3.63) is 58.7 Å². The third-order valence-corrected chi connectivity index (χ3v) is 4.33. The number of hydrogen-bond acceptors (Lipinski definition) is 3. The summed E-state index contributed by atoms with van der Waals surface area (Å²) in [6.45, 7) is 8.09. The molecule has 2 amide bonds. The predicted octanol–water partition coefficient (Wildman–Crippen LogP) is 0.0911. The van der Waals surface area contributed by atoms with Crippen molar-refractivity contribution in [3.8, 4) is 0 Å². The van der Waals surface area contributed by atoms with E-state index in [9.17, 15) is 9.59 Å². The van der Waals surface area contributed by atoms with Crippen LogP contribution in [0.1, 0.15) is 22.3 Å². The van der Waals surface area contributed by atoms with Gasteiger partial charge in [0.1, 0.15) is 0 Å². The molecule has 2 aromatic carbocycles. The molecule has 0 radical (unpaired) electrons. The molecule has 0 atom stereocenters. The highest BCUT2D eigenvalue weighted by Gasteiger charge is 2.08. The highest BCUT2D eigenvalue weighted by Crippen LogP contribution is 2.18. The van der Waals surface area contributed by atoms with Crippen LogP contribution in [0, 0.1) is 27.7 Å². The molecule has 0 spiro atoms. The third-order valence-electron chi connectivity index (χ3n) is 4.33. The summed E-state index contributed by atoms with van der Waals surface area (Å²) >= 11 is 0. The molecule has 0 fully saturated rings. The fraction of sp³-hybridized carbons (Fsp3) is 0.300. The quantitative estimate of drug-likeness (QED) is 0.671. The Hall–Kier alpha value is -2.37. The Labute approximate surface area is 161 Å². The van der Waals surface area contributed by atoms with E-state index in [1.165, 1.54) is 0 Å². The second-order valence-corrected chi connectivity index (χ2v) is 6.19. The van der Waals surface area contributed by atoms with Crippen molar-refractivity contribution in [2.75, 3.05) is 23.7 Å². The minimum atomic E-state index is -0.173. The van der Waals surface area contributed by atoms with Gasteiger partial charge in [-0.3, -0.25) is 14.9 Å². The summed E-state index contributed by atoms with van der Waals surface area (Å²) in [4.78, 5) is 24.0. The van der Waals surface area contributed by atoms with Crippen LogP contribution >= 0.6 is 0 Å². The van der Waals surface area contributed by atoms with E-state index in [0.717, 1.165) is 33.6 Å². The molecule has 5 nitrogen and oxygen atoms in total. The molecule has 6 heteroatoms. The van der Waals surface area contributed by atoms with Crippen molar-refractivity contribution >= 4 is 23.2 Å². The first kappa shape index (κ1) is 21.7. The van der Waals surface area contributed by atoms with Gasteiger partial charge in [0.25, 0.3) is 0 Å². The van der Waals surface area contributed by atoms with Gasteiger partial charge in [0.15, 0.2) is 0 Å².